The van der Waals surface area contributed by atoms with Gasteiger partial charge in [-0.2, -0.15) is 0 Å². The van der Waals surface area contributed by atoms with Crippen molar-refractivity contribution in [2.45, 2.75) is 52.1 Å². The molecule has 1 atom stereocenters. The molecule has 0 aromatic heterocycles. The minimum absolute atomic E-state index is 0.0446. The highest BCUT2D eigenvalue weighted by molar-refractivity contribution is 5.87. The summed E-state index contributed by atoms with van der Waals surface area (Å²) in [7, 11) is 0. The summed E-state index contributed by atoms with van der Waals surface area (Å²) in [6.07, 6.45) is 2.83. The number of carbonyl (C=O) groups excluding carboxylic acids is 2. The Morgan fingerprint density at radius 2 is 1.77 bits per heavy atom. The maximum absolute atomic E-state index is 13.2. The third-order valence-corrected chi connectivity index (χ3v) is 5.43. The number of carbonyl (C=O) groups is 2. The summed E-state index contributed by atoms with van der Waals surface area (Å²) in [5.41, 5.74) is 2.01. The van der Waals surface area contributed by atoms with Gasteiger partial charge < -0.3 is 19.7 Å². The van der Waals surface area contributed by atoms with Crippen LogP contribution in [0.2, 0.25) is 0 Å². The van der Waals surface area contributed by atoms with Crippen LogP contribution in [0.3, 0.4) is 0 Å². The Labute approximate surface area is 184 Å². The number of nitrogens with one attached hydrogen (secondary N) is 1. The summed E-state index contributed by atoms with van der Waals surface area (Å²) in [5.74, 6) is 1.30. The molecule has 6 nitrogen and oxygen atoms in total. The van der Waals surface area contributed by atoms with Gasteiger partial charge in [-0.3, -0.25) is 9.59 Å². The minimum atomic E-state index is -0.537. The Morgan fingerprint density at radius 1 is 1.03 bits per heavy atom. The van der Waals surface area contributed by atoms with Gasteiger partial charge in [-0.15, -0.1) is 0 Å². The number of amides is 2. The van der Waals surface area contributed by atoms with Gasteiger partial charge in [0.2, 0.25) is 11.8 Å². The van der Waals surface area contributed by atoms with Gasteiger partial charge in [0.1, 0.15) is 19.3 Å². The molecule has 6 heteroatoms. The Balaban J connectivity index is 1.67. The second-order valence-electron chi connectivity index (χ2n) is 7.81. The number of nitrogens with zero attached hydrogens (tertiary/aromatic N) is 1. The Bertz CT molecular complexity index is 869. The third kappa shape index (κ3) is 6.48. The van der Waals surface area contributed by atoms with Crippen LogP contribution in [0.4, 0.5) is 0 Å². The van der Waals surface area contributed by atoms with Crippen molar-refractivity contribution in [3.8, 4) is 11.5 Å². The van der Waals surface area contributed by atoms with Crippen LogP contribution < -0.4 is 14.8 Å². The first-order valence-corrected chi connectivity index (χ1v) is 11.1. The minimum Gasteiger partial charge on any atom is -0.486 e. The molecule has 0 aliphatic carbocycles. The van der Waals surface area contributed by atoms with Gasteiger partial charge in [-0.05, 0) is 43.0 Å². The van der Waals surface area contributed by atoms with E-state index in [9.17, 15) is 9.59 Å². The monoisotopic (exact) mass is 424 g/mol. The average Bonchev–Trinajstić information content (AvgIpc) is 2.81. The molecule has 0 fully saturated rings. The Hall–Kier alpha value is -3.02. The predicted molar refractivity (Wildman–Crippen MR) is 120 cm³/mol. The normalized spacial score (nSPS) is 13.4. The van der Waals surface area contributed by atoms with Crippen molar-refractivity contribution < 1.29 is 19.1 Å². The number of aryl methyl sites for hydroxylation is 1. The molecule has 1 heterocycles. The van der Waals surface area contributed by atoms with Gasteiger partial charge in [0, 0.05) is 19.5 Å². The fourth-order valence-corrected chi connectivity index (χ4v) is 3.54. The zero-order valence-electron chi connectivity index (χ0n) is 18.4. The van der Waals surface area contributed by atoms with Crippen LogP contribution in [0.15, 0.2) is 48.5 Å². The molecular formula is C25H32N2O4. The van der Waals surface area contributed by atoms with E-state index in [1.54, 1.807) is 11.8 Å². The molecule has 31 heavy (non-hydrogen) atoms. The first kappa shape index (κ1) is 22.7. The van der Waals surface area contributed by atoms with Gasteiger partial charge in [-0.25, -0.2) is 0 Å². The highest BCUT2D eigenvalue weighted by Crippen LogP contribution is 2.31. The van der Waals surface area contributed by atoms with Crippen molar-refractivity contribution in [2.24, 2.45) is 0 Å². The SMILES string of the molecule is CCCCNC(=O)[C@H](C)N(Cc1ccccc1)C(=O)CCc1ccc2c(c1)OCCO2. The maximum Gasteiger partial charge on any atom is 0.242 e. The lowest BCUT2D eigenvalue weighted by Gasteiger charge is -2.29. The lowest BCUT2D eigenvalue weighted by Crippen LogP contribution is -2.47. The molecule has 2 aromatic carbocycles. The van der Waals surface area contributed by atoms with Crippen molar-refractivity contribution in [2.75, 3.05) is 19.8 Å². The topological polar surface area (TPSA) is 67.9 Å². The number of benzene rings is 2. The van der Waals surface area contributed by atoms with Crippen molar-refractivity contribution in [3.05, 3.63) is 59.7 Å². The molecule has 0 saturated carbocycles. The van der Waals surface area contributed by atoms with Gasteiger partial charge in [0.15, 0.2) is 11.5 Å². The van der Waals surface area contributed by atoms with E-state index in [0.717, 1.165) is 35.5 Å². The van der Waals surface area contributed by atoms with Crippen molar-refractivity contribution in [3.63, 3.8) is 0 Å². The molecular weight excluding hydrogens is 392 g/mol. The van der Waals surface area contributed by atoms with Crippen molar-refractivity contribution in [1.29, 1.82) is 0 Å². The highest BCUT2D eigenvalue weighted by atomic mass is 16.6. The third-order valence-electron chi connectivity index (χ3n) is 5.43. The highest BCUT2D eigenvalue weighted by Gasteiger charge is 2.25. The Morgan fingerprint density at radius 3 is 2.52 bits per heavy atom. The summed E-state index contributed by atoms with van der Waals surface area (Å²) < 4.78 is 11.2. The average molecular weight is 425 g/mol. The van der Waals surface area contributed by atoms with Gasteiger partial charge >= 0.3 is 0 Å². The van der Waals surface area contributed by atoms with Crippen LogP contribution in [0.5, 0.6) is 11.5 Å². The smallest absolute Gasteiger partial charge is 0.242 e. The maximum atomic E-state index is 13.2. The molecule has 0 spiro atoms. The second kappa shape index (κ2) is 11.4. The molecule has 1 aliphatic heterocycles. The lowest BCUT2D eigenvalue weighted by molar-refractivity contribution is -0.140. The van der Waals surface area contributed by atoms with Gasteiger partial charge in [0.25, 0.3) is 0 Å². The molecule has 3 rings (SSSR count). The van der Waals surface area contributed by atoms with E-state index >= 15 is 0 Å². The molecule has 1 N–H and O–H groups in total. The van der Waals surface area contributed by atoms with E-state index < -0.39 is 6.04 Å². The van der Waals surface area contributed by atoms with Crippen LogP contribution in [-0.4, -0.2) is 42.5 Å². The quantitative estimate of drug-likeness (QED) is 0.590. The van der Waals surface area contributed by atoms with Gasteiger partial charge in [0.05, 0.1) is 0 Å². The first-order chi connectivity index (χ1) is 15.1. The molecule has 2 aromatic rings. The zero-order chi connectivity index (χ0) is 22.1. The molecule has 0 unspecified atom stereocenters. The summed E-state index contributed by atoms with van der Waals surface area (Å²) in [6.45, 7) is 6.00. The zero-order valence-corrected chi connectivity index (χ0v) is 18.4. The van der Waals surface area contributed by atoms with Crippen LogP contribution in [0.25, 0.3) is 0 Å². The van der Waals surface area contributed by atoms with Crippen molar-refractivity contribution in [1.82, 2.24) is 10.2 Å². The molecule has 2 amide bonds. The van der Waals surface area contributed by atoms with E-state index in [4.69, 9.17) is 9.47 Å². The Kier molecular flexibility index (Phi) is 8.33. The summed E-state index contributed by atoms with van der Waals surface area (Å²) in [6, 6.07) is 15.0. The second-order valence-corrected chi connectivity index (χ2v) is 7.81. The lowest BCUT2D eigenvalue weighted by atomic mass is 10.1. The summed E-state index contributed by atoms with van der Waals surface area (Å²) in [4.78, 5) is 27.5. The van der Waals surface area contributed by atoms with E-state index in [0.29, 0.717) is 39.1 Å². The van der Waals surface area contributed by atoms with E-state index in [1.807, 2.05) is 48.5 Å². The van der Waals surface area contributed by atoms with E-state index in [-0.39, 0.29) is 11.8 Å². The predicted octanol–water partition coefficient (Wildman–Crippen LogP) is 3.72. The summed E-state index contributed by atoms with van der Waals surface area (Å²) in [5, 5.41) is 2.95. The summed E-state index contributed by atoms with van der Waals surface area (Å²) >= 11 is 0. The number of rotatable bonds is 10. The van der Waals surface area contributed by atoms with Crippen LogP contribution in [0.1, 0.15) is 44.2 Å². The van der Waals surface area contributed by atoms with Crippen LogP contribution in [0, 0.1) is 0 Å². The number of unbranched alkanes of at least 4 members (excludes halogenated alkanes) is 1. The molecule has 0 saturated heterocycles. The van der Waals surface area contributed by atoms with Crippen molar-refractivity contribution >= 4 is 11.8 Å². The van der Waals surface area contributed by atoms with E-state index in [1.165, 1.54) is 0 Å². The number of fused-ring (bicyclic) bond motifs is 1. The number of hydrogen-bond acceptors (Lipinski definition) is 4. The van der Waals surface area contributed by atoms with Crippen LogP contribution >= 0.6 is 0 Å². The molecule has 0 bridgehead atoms. The van der Waals surface area contributed by atoms with Crippen LogP contribution in [-0.2, 0) is 22.6 Å². The largest absolute Gasteiger partial charge is 0.486 e. The number of ether oxygens (including phenoxy) is 2. The number of hydrogen-bond donors (Lipinski definition) is 1. The van der Waals surface area contributed by atoms with Gasteiger partial charge in [-0.1, -0.05) is 49.7 Å². The standard InChI is InChI=1S/C25H32N2O4/c1-3-4-14-26-25(29)19(2)27(18-21-8-6-5-7-9-21)24(28)13-11-20-10-12-22-23(17-20)31-16-15-30-22/h5-10,12,17,19H,3-4,11,13-16,18H2,1-2H3,(H,26,29)/t19-/m0/s1. The molecule has 0 radical (unpaired) electrons. The molecule has 166 valence electrons. The van der Waals surface area contributed by atoms with E-state index in [2.05, 4.69) is 12.2 Å². The first-order valence-electron chi connectivity index (χ1n) is 11.1. The fourth-order valence-electron chi connectivity index (χ4n) is 3.54. The molecule has 1 aliphatic rings. The fraction of sp³-hybridized carbons (Fsp3) is 0.440.